The smallest absolute Gasteiger partial charge is 0.161 e. The highest BCUT2D eigenvalue weighted by Gasteiger charge is 2.29. The van der Waals surface area contributed by atoms with Crippen molar-refractivity contribution in [3.05, 3.63) is 53.6 Å². The van der Waals surface area contributed by atoms with Crippen molar-refractivity contribution < 1.29 is 9.47 Å². The molecule has 0 saturated carbocycles. The third kappa shape index (κ3) is 3.03. The van der Waals surface area contributed by atoms with Crippen LogP contribution in [0.1, 0.15) is 24.0 Å². The second kappa shape index (κ2) is 6.84. The van der Waals surface area contributed by atoms with Gasteiger partial charge in [0.15, 0.2) is 11.5 Å². The Balaban J connectivity index is 1.20. The average Bonchev–Trinajstić information content (AvgIpc) is 3.13. The Labute approximate surface area is 155 Å². The third-order valence-electron chi connectivity index (χ3n) is 5.93. The standard InChI is InChI=1S/C22H26N2O2/c1-2-4-20-18(3-1)7-12-24(20)19-8-10-23(11-9-19)16-17-5-6-21-22(15-17)26-14-13-25-21/h1-6,15,19H,7-14,16H2. The second-order valence-electron chi connectivity index (χ2n) is 7.56. The summed E-state index contributed by atoms with van der Waals surface area (Å²) in [6.45, 7) is 5.82. The van der Waals surface area contributed by atoms with Gasteiger partial charge in [0.25, 0.3) is 0 Å². The number of hydrogen-bond acceptors (Lipinski definition) is 4. The van der Waals surface area contributed by atoms with E-state index in [9.17, 15) is 0 Å². The van der Waals surface area contributed by atoms with Crippen LogP contribution in [0.4, 0.5) is 5.69 Å². The molecule has 0 amide bonds. The molecule has 4 heteroatoms. The third-order valence-corrected chi connectivity index (χ3v) is 5.93. The van der Waals surface area contributed by atoms with Crippen LogP contribution in [0.15, 0.2) is 42.5 Å². The van der Waals surface area contributed by atoms with E-state index in [2.05, 4.69) is 52.3 Å². The largest absolute Gasteiger partial charge is 0.486 e. The van der Waals surface area contributed by atoms with Crippen LogP contribution < -0.4 is 14.4 Å². The highest BCUT2D eigenvalue weighted by atomic mass is 16.6. The molecule has 136 valence electrons. The molecule has 4 nitrogen and oxygen atoms in total. The maximum Gasteiger partial charge on any atom is 0.161 e. The predicted molar refractivity (Wildman–Crippen MR) is 103 cm³/mol. The van der Waals surface area contributed by atoms with E-state index in [0.717, 1.165) is 31.1 Å². The summed E-state index contributed by atoms with van der Waals surface area (Å²) in [4.78, 5) is 5.22. The average molecular weight is 350 g/mol. The van der Waals surface area contributed by atoms with Crippen molar-refractivity contribution in [3.8, 4) is 11.5 Å². The lowest BCUT2D eigenvalue weighted by Gasteiger charge is -2.38. The van der Waals surface area contributed by atoms with Crippen LogP contribution in [0.2, 0.25) is 0 Å². The molecule has 0 aromatic heterocycles. The predicted octanol–water partition coefficient (Wildman–Crippen LogP) is 3.48. The molecular formula is C22H26N2O2. The number of piperidine rings is 1. The zero-order valence-corrected chi connectivity index (χ0v) is 15.2. The first-order valence-corrected chi connectivity index (χ1v) is 9.82. The lowest BCUT2D eigenvalue weighted by atomic mass is 10.0. The van der Waals surface area contributed by atoms with Gasteiger partial charge in [-0.1, -0.05) is 24.3 Å². The quantitative estimate of drug-likeness (QED) is 0.846. The maximum atomic E-state index is 5.72. The Bertz CT molecular complexity index is 783. The number of para-hydroxylation sites is 1. The Hall–Kier alpha value is -2.20. The molecule has 0 unspecified atom stereocenters. The normalized spacial score (nSPS) is 20.2. The van der Waals surface area contributed by atoms with Crippen LogP contribution >= 0.6 is 0 Å². The van der Waals surface area contributed by atoms with E-state index in [4.69, 9.17) is 9.47 Å². The minimum atomic E-state index is 0.652. The number of rotatable bonds is 3. The van der Waals surface area contributed by atoms with E-state index in [1.807, 2.05) is 0 Å². The van der Waals surface area contributed by atoms with Crippen molar-refractivity contribution in [1.82, 2.24) is 4.90 Å². The summed E-state index contributed by atoms with van der Waals surface area (Å²) in [6.07, 6.45) is 3.70. The Morgan fingerprint density at radius 1 is 0.885 bits per heavy atom. The number of hydrogen-bond donors (Lipinski definition) is 0. The minimum absolute atomic E-state index is 0.652. The van der Waals surface area contributed by atoms with Gasteiger partial charge in [-0.2, -0.15) is 0 Å². The summed E-state index contributed by atoms with van der Waals surface area (Å²) in [7, 11) is 0. The van der Waals surface area contributed by atoms with Crippen molar-refractivity contribution in [2.75, 3.05) is 37.7 Å². The zero-order chi connectivity index (χ0) is 17.3. The van der Waals surface area contributed by atoms with Gasteiger partial charge in [0, 0.05) is 37.9 Å². The zero-order valence-electron chi connectivity index (χ0n) is 15.2. The number of fused-ring (bicyclic) bond motifs is 2. The van der Waals surface area contributed by atoms with E-state index in [1.54, 1.807) is 0 Å². The summed E-state index contributed by atoms with van der Waals surface area (Å²) in [5.74, 6) is 1.78. The molecule has 26 heavy (non-hydrogen) atoms. The topological polar surface area (TPSA) is 24.9 Å². The van der Waals surface area contributed by atoms with Crippen LogP contribution in [0.3, 0.4) is 0 Å². The van der Waals surface area contributed by atoms with Crippen molar-refractivity contribution in [3.63, 3.8) is 0 Å². The van der Waals surface area contributed by atoms with Crippen molar-refractivity contribution >= 4 is 5.69 Å². The van der Waals surface area contributed by atoms with Gasteiger partial charge in [0.05, 0.1) is 0 Å². The molecule has 5 rings (SSSR count). The summed E-state index contributed by atoms with van der Waals surface area (Å²) >= 11 is 0. The second-order valence-corrected chi connectivity index (χ2v) is 7.56. The van der Waals surface area contributed by atoms with Crippen LogP contribution in [-0.2, 0) is 13.0 Å². The lowest BCUT2D eigenvalue weighted by molar-refractivity contribution is 0.170. The molecule has 1 fully saturated rings. The summed E-state index contributed by atoms with van der Waals surface area (Å²) in [5.41, 5.74) is 4.31. The summed E-state index contributed by atoms with van der Waals surface area (Å²) in [6, 6.07) is 16.0. The fraction of sp³-hybridized carbons (Fsp3) is 0.455. The maximum absolute atomic E-state index is 5.72. The van der Waals surface area contributed by atoms with E-state index < -0.39 is 0 Å². The fourth-order valence-corrected chi connectivity index (χ4v) is 4.58. The van der Waals surface area contributed by atoms with Gasteiger partial charge in [-0.25, -0.2) is 0 Å². The number of nitrogens with zero attached hydrogens (tertiary/aromatic N) is 2. The molecule has 2 aromatic carbocycles. The van der Waals surface area contributed by atoms with Crippen LogP contribution in [0.5, 0.6) is 11.5 Å². The minimum Gasteiger partial charge on any atom is -0.486 e. The Morgan fingerprint density at radius 2 is 1.69 bits per heavy atom. The van der Waals surface area contributed by atoms with E-state index in [0.29, 0.717) is 19.3 Å². The number of likely N-dealkylation sites (tertiary alicyclic amines) is 1. The van der Waals surface area contributed by atoms with Crippen molar-refractivity contribution in [1.29, 1.82) is 0 Å². The van der Waals surface area contributed by atoms with Crippen LogP contribution in [-0.4, -0.2) is 43.8 Å². The molecular weight excluding hydrogens is 324 g/mol. The van der Waals surface area contributed by atoms with E-state index in [1.165, 1.54) is 42.6 Å². The van der Waals surface area contributed by atoms with Gasteiger partial charge >= 0.3 is 0 Å². The van der Waals surface area contributed by atoms with Gasteiger partial charge in [0.2, 0.25) is 0 Å². The number of ether oxygens (including phenoxy) is 2. The summed E-state index contributed by atoms with van der Waals surface area (Å²) < 4.78 is 11.3. The first kappa shape index (κ1) is 16.0. The monoisotopic (exact) mass is 350 g/mol. The molecule has 1 saturated heterocycles. The highest BCUT2D eigenvalue weighted by Crippen LogP contribution is 2.34. The molecule has 0 spiro atoms. The molecule has 0 aliphatic carbocycles. The fourth-order valence-electron chi connectivity index (χ4n) is 4.58. The van der Waals surface area contributed by atoms with E-state index >= 15 is 0 Å². The van der Waals surface area contributed by atoms with Crippen LogP contribution in [0, 0.1) is 0 Å². The van der Waals surface area contributed by atoms with Crippen LogP contribution in [0.25, 0.3) is 0 Å². The molecule has 0 radical (unpaired) electrons. The Kier molecular flexibility index (Phi) is 4.21. The highest BCUT2D eigenvalue weighted by molar-refractivity contribution is 5.58. The summed E-state index contributed by atoms with van der Waals surface area (Å²) in [5, 5.41) is 0. The SMILES string of the molecule is c1ccc2c(c1)CCN2C1CCN(Cc2ccc3c(c2)OCCO3)CC1. The number of anilines is 1. The van der Waals surface area contributed by atoms with Gasteiger partial charge in [-0.05, 0) is 48.6 Å². The molecule has 2 aromatic rings. The Morgan fingerprint density at radius 3 is 2.58 bits per heavy atom. The molecule has 0 bridgehead atoms. The first-order chi connectivity index (χ1) is 12.9. The van der Waals surface area contributed by atoms with E-state index in [-0.39, 0.29) is 0 Å². The molecule has 0 atom stereocenters. The number of benzene rings is 2. The van der Waals surface area contributed by atoms with Crippen molar-refractivity contribution in [2.24, 2.45) is 0 Å². The van der Waals surface area contributed by atoms with Gasteiger partial charge in [0.1, 0.15) is 13.2 Å². The van der Waals surface area contributed by atoms with Crippen molar-refractivity contribution in [2.45, 2.75) is 31.8 Å². The van der Waals surface area contributed by atoms with Gasteiger partial charge < -0.3 is 14.4 Å². The van der Waals surface area contributed by atoms with Gasteiger partial charge in [-0.3, -0.25) is 4.90 Å². The molecule has 3 heterocycles. The lowest BCUT2D eigenvalue weighted by Crippen LogP contribution is -2.44. The van der Waals surface area contributed by atoms with Gasteiger partial charge in [-0.15, -0.1) is 0 Å². The first-order valence-electron chi connectivity index (χ1n) is 9.82. The molecule has 3 aliphatic rings. The molecule has 3 aliphatic heterocycles. The molecule has 0 N–H and O–H groups in total.